The molecule has 0 aliphatic rings. The first-order valence-electron chi connectivity index (χ1n) is 8.27. The third-order valence-electron chi connectivity index (χ3n) is 3.39. The fourth-order valence-corrected chi connectivity index (χ4v) is 2.11. The fraction of sp³-hybridized carbons (Fsp3) is 0.200. The lowest BCUT2D eigenvalue weighted by Gasteiger charge is -2.07. The summed E-state index contributed by atoms with van der Waals surface area (Å²) in [7, 11) is 0. The van der Waals surface area contributed by atoms with Crippen molar-refractivity contribution in [3.63, 3.8) is 0 Å². The van der Waals surface area contributed by atoms with E-state index in [-0.39, 0.29) is 24.3 Å². The van der Waals surface area contributed by atoms with Gasteiger partial charge in [0.2, 0.25) is 0 Å². The quantitative estimate of drug-likeness (QED) is 0.400. The molecule has 7 heteroatoms. The number of ether oxygens (including phenoxy) is 3. The number of hydrogen-bond acceptors (Lipinski definition) is 7. The van der Waals surface area contributed by atoms with Crippen molar-refractivity contribution in [3.05, 3.63) is 59.7 Å². The summed E-state index contributed by atoms with van der Waals surface area (Å²) in [6.07, 6.45) is 0. The summed E-state index contributed by atoms with van der Waals surface area (Å²) in [6, 6.07) is 11.9. The Hall–Kier alpha value is -3.48. The molecule has 2 aromatic rings. The molecule has 0 aliphatic carbocycles. The van der Waals surface area contributed by atoms with Crippen LogP contribution in [0, 0.1) is 0 Å². The molecule has 0 aromatic heterocycles. The van der Waals surface area contributed by atoms with Crippen LogP contribution in [0.15, 0.2) is 48.5 Å². The van der Waals surface area contributed by atoms with Gasteiger partial charge in [0, 0.05) is 11.1 Å². The van der Waals surface area contributed by atoms with Gasteiger partial charge in [0.05, 0.1) is 13.2 Å². The largest absolute Gasteiger partial charge is 0.460 e. The first-order chi connectivity index (χ1) is 13.0. The maximum Gasteiger partial charge on any atom is 0.379 e. The molecule has 2 aromatic carbocycles. The van der Waals surface area contributed by atoms with Crippen molar-refractivity contribution in [2.45, 2.75) is 13.8 Å². The lowest BCUT2D eigenvalue weighted by molar-refractivity contribution is -0.138. The molecule has 0 bridgehead atoms. The minimum absolute atomic E-state index is 0.125. The minimum atomic E-state index is -0.909. The maximum absolute atomic E-state index is 11.8. The summed E-state index contributed by atoms with van der Waals surface area (Å²) in [5, 5.41) is 0. The average Bonchev–Trinajstić information content (AvgIpc) is 2.68. The Morgan fingerprint density at radius 1 is 0.630 bits per heavy atom. The highest BCUT2D eigenvalue weighted by Gasteiger charge is 2.18. The molecule has 0 fully saturated rings. The molecule has 0 saturated heterocycles. The molecule has 0 radical (unpaired) electrons. The number of carbonyl (C=O) groups excluding carboxylic acids is 4. The predicted octanol–water partition coefficient (Wildman–Crippen LogP) is 2.97. The number of Topliss-reactive ketones (excluding diaryl/α,β-unsaturated/α-hetero) is 2. The number of ketones is 2. The molecule has 2 rings (SSSR count). The monoisotopic (exact) mass is 370 g/mol. The summed E-state index contributed by atoms with van der Waals surface area (Å²) in [6.45, 7) is 3.49. The van der Waals surface area contributed by atoms with E-state index >= 15 is 0 Å². The highest BCUT2D eigenvalue weighted by atomic mass is 16.5. The smallest absolute Gasteiger partial charge is 0.379 e. The van der Waals surface area contributed by atoms with Gasteiger partial charge in [-0.15, -0.1) is 0 Å². The lowest BCUT2D eigenvalue weighted by Crippen LogP contribution is -2.17. The van der Waals surface area contributed by atoms with Crippen molar-refractivity contribution in [1.82, 2.24) is 0 Å². The number of hydrogen-bond donors (Lipinski definition) is 0. The molecule has 0 spiro atoms. The Morgan fingerprint density at radius 3 is 1.26 bits per heavy atom. The third-order valence-corrected chi connectivity index (χ3v) is 3.39. The molecule has 7 nitrogen and oxygen atoms in total. The Morgan fingerprint density at radius 2 is 0.963 bits per heavy atom. The number of benzene rings is 2. The van der Waals surface area contributed by atoms with Gasteiger partial charge in [0.1, 0.15) is 11.5 Å². The standard InChI is InChI=1S/C20H18O7/c1-3-25-19(23)17(21)13-5-9-15(10-6-13)27-16-11-7-14(8-12-16)18(22)20(24)26-4-2/h5-12H,3-4H2,1-2H3. The fourth-order valence-electron chi connectivity index (χ4n) is 2.11. The van der Waals surface area contributed by atoms with Crippen molar-refractivity contribution >= 4 is 23.5 Å². The van der Waals surface area contributed by atoms with E-state index in [1.165, 1.54) is 48.5 Å². The summed E-state index contributed by atoms with van der Waals surface area (Å²) in [5.41, 5.74) is 0.382. The minimum Gasteiger partial charge on any atom is -0.460 e. The maximum atomic E-state index is 11.8. The lowest BCUT2D eigenvalue weighted by atomic mass is 10.1. The van der Waals surface area contributed by atoms with Crippen molar-refractivity contribution in [2.24, 2.45) is 0 Å². The van der Waals surface area contributed by atoms with Crippen molar-refractivity contribution in [2.75, 3.05) is 13.2 Å². The van der Waals surface area contributed by atoms with E-state index in [0.717, 1.165) is 0 Å². The van der Waals surface area contributed by atoms with Gasteiger partial charge in [-0.2, -0.15) is 0 Å². The van der Waals surface area contributed by atoms with Gasteiger partial charge < -0.3 is 14.2 Å². The molecular weight excluding hydrogens is 352 g/mol. The van der Waals surface area contributed by atoms with Crippen LogP contribution < -0.4 is 4.74 Å². The third kappa shape index (κ3) is 5.24. The van der Waals surface area contributed by atoms with Gasteiger partial charge in [-0.1, -0.05) is 0 Å². The van der Waals surface area contributed by atoms with Gasteiger partial charge in [0.15, 0.2) is 0 Å². The molecule has 0 aliphatic heterocycles. The molecule has 0 N–H and O–H groups in total. The normalized spacial score (nSPS) is 10.0. The van der Waals surface area contributed by atoms with Crippen LogP contribution in [-0.4, -0.2) is 36.7 Å². The van der Waals surface area contributed by atoms with E-state index in [9.17, 15) is 19.2 Å². The summed E-state index contributed by atoms with van der Waals surface area (Å²) in [5.74, 6) is -2.42. The number of rotatable bonds is 8. The predicted molar refractivity (Wildman–Crippen MR) is 94.9 cm³/mol. The zero-order valence-corrected chi connectivity index (χ0v) is 14.9. The van der Waals surface area contributed by atoms with Crippen molar-refractivity contribution in [3.8, 4) is 11.5 Å². The molecule has 0 saturated carbocycles. The van der Waals surface area contributed by atoms with Gasteiger partial charge in [-0.25, -0.2) is 9.59 Å². The topological polar surface area (TPSA) is 96.0 Å². The van der Waals surface area contributed by atoms with Crippen LogP contribution in [-0.2, 0) is 19.1 Å². The second-order valence-corrected chi connectivity index (χ2v) is 5.25. The van der Waals surface area contributed by atoms with Gasteiger partial charge in [-0.05, 0) is 62.4 Å². The molecule has 27 heavy (non-hydrogen) atoms. The average molecular weight is 370 g/mol. The molecule has 0 unspecified atom stereocenters. The second-order valence-electron chi connectivity index (χ2n) is 5.25. The van der Waals surface area contributed by atoms with Gasteiger partial charge >= 0.3 is 11.9 Å². The van der Waals surface area contributed by atoms with E-state index in [1.807, 2.05) is 0 Å². The molecule has 140 valence electrons. The van der Waals surface area contributed by atoms with E-state index in [0.29, 0.717) is 11.5 Å². The van der Waals surface area contributed by atoms with E-state index in [2.05, 4.69) is 9.47 Å². The summed E-state index contributed by atoms with van der Waals surface area (Å²) < 4.78 is 14.9. The Bertz CT molecular complexity index is 764. The Balaban J connectivity index is 2.03. The molecule has 0 atom stereocenters. The Labute approximate surface area is 155 Å². The zero-order chi connectivity index (χ0) is 19.8. The van der Waals surface area contributed by atoms with Gasteiger partial charge in [-0.3, -0.25) is 9.59 Å². The highest BCUT2D eigenvalue weighted by Crippen LogP contribution is 2.22. The molecule has 0 amide bonds. The van der Waals surface area contributed by atoms with Crippen LogP contribution >= 0.6 is 0 Å². The molecular formula is C20H18O7. The summed E-state index contributed by atoms with van der Waals surface area (Å²) in [4.78, 5) is 46.5. The second kappa shape index (κ2) is 9.28. The Kier molecular flexibility index (Phi) is 6.82. The van der Waals surface area contributed by atoms with Gasteiger partial charge in [0.25, 0.3) is 11.6 Å². The van der Waals surface area contributed by atoms with E-state index in [1.54, 1.807) is 13.8 Å². The van der Waals surface area contributed by atoms with E-state index < -0.39 is 23.5 Å². The van der Waals surface area contributed by atoms with Crippen LogP contribution in [0.5, 0.6) is 11.5 Å². The number of carbonyl (C=O) groups is 4. The van der Waals surface area contributed by atoms with Crippen LogP contribution in [0.2, 0.25) is 0 Å². The number of esters is 2. The SMILES string of the molecule is CCOC(=O)C(=O)c1ccc(Oc2ccc(C(=O)C(=O)OCC)cc2)cc1. The molecule has 0 heterocycles. The van der Waals surface area contributed by atoms with Crippen molar-refractivity contribution < 1.29 is 33.4 Å². The summed E-state index contributed by atoms with van der Waals surface area (Å²) >= 11 is 0. The van der Waals surface area contributed by atoms with Crippen molar-refractivity contribution in [1.29, 1.82) is 0 Å². The van der Waals surface area contributed by atoms with Crippen LogP contribution in [0.4, 0.5) is 0 Å². The zero-order valence-electron chi connectivity index (χ0n) is 14.9. The van der Waals surface area contributed by atoms with E-state index in [4.69, 9.17) is 4.74 Å². The van der Waals surface area contributed by atoms with Crippen LogP contribution in [0.25, 0.3) is 0 Å². The highest BCUT2D eigenvalue weighted by molar-refractivity contribution is 6.41. The first-order valence-corrected chi connectivity index (χ1v) is 8.27. The first kappa shape index (κ1) is 19.8. The van der Waals surface area contributed by atoms with Crippen LogP contribution in [0.1, 0.15) is 34.6 Å². The van der Waals surface area contributed by atoms with Crippen LogP contribution in [0.3, 0.4) is 0 Å².